The summed E-state index contributed by atoms with van der Waals surface area (Å²) in [5.41, 5.74) is 1.07. The maximum atomic E-state index is 13.0. The molecule has 0 saturated heterocycles. The van der Waals surface area contributed by atoms with E-state index in [4.69, 9.17) is 0 Å². The Morgan fingerprint density at radius 2 is 1.64 bits per heavy atom. The molecule has 3 nitrogen and oxygen atoms in total. The van der Waals surface area contributed by atoms with Gasteiger partial charge in [0.1, 0.15) is 5.00 Å². The summed E-state index contributed by atoms with van der Waals surface area (Å²) in [6, 6.07) is 20.3. The minimum Gasteiger partial charge on any atom is -0.313 e. The highest BCUT2D eigenvalue weighted by atomic mass is 32.1. The van der Waals surface area contributed by atoms with Gasteiger partial charge < -0.3 is 5.32 Å². The Hall–Kier alpha value is -2.76. The van der Waals surface area contributed by atoms with Crippen molar-refractivity contribution in [2.45, 2.75) is 0 Å². The van der Waals surface area contributed by atoms with Crippen molar-refractivity contribution in [3.05, 3.63) is 87.9 Å². The van der Waals surface area contributed by atoms with Crippen LogP contribution in [-0.4, -0.2) is 5.91 Å². The molecule has 122 valence electrons. The summed E-state index contributed by atoms with van der Waals surface area (Å²) in [7, 11) is 0. The second-order valence-electron chi connectivity index (χ2n) is 5.43. The summed E-state index contributed by atoms with van der Waals surface area (Å²) in [6.45, 7) is 0. The highest BCUT2D eigenvalue weighted by molar-refractivity contribution is 7.23. The highest BCUT2D eigenvalue weighted by Crippen LogP contribution is 2.35. The van der Waals surface area contributed by atoms with E-state index in [9.17, 15) is 9.59 Å². The second-order valence-corrected chi connectivity index (χ2v) is 7.43. The minimum atomic E-state index is -0.218. The van der Waals surface area contributed by atoms with Crippen molar-refractivity contribution in [1.82, 2.24) is 0 Å². The third-order valence-electron chi connectivity index (χ3n) is 3.83. The third kappa shape index (κ3) is 2.99. The lowest BCUT2D eigenvalue weighted by Gasteiger charge is -2.10. The number of benzene rings is 2. The topological polar surface area (TPSA) is 46.2 Å². The third-order valence-corrected chi connectivity index (χ3v) is 5.80. The molecule has 0 aliphatic carbocycles. The number of hydrogen-bond acceptors (Lipinski definition) is 4. The summed E-state index contributed by atoms with van der Waals surface area (Å²) in [6.07, 6.45) is 0. The lowest BCUT2D eigenvalue weighted by Crippen LogP contribution is -2.15. The Labute approximate surface area is 152 Å². The van der Waals surface area contributed by atoms with Crippen LogP contribution in [0.1, 0.15) is 10.4 Å². The van der Waals surface area contributed by atoms with Gasteiger partial charge >= 0.3 is 0 Å². The zero-order valence-corrected chi connectivity index (χ0v) is 14.7. The fourth-order valence-electron chi connectivity index (χ4n) is 2.64. The number of rotatable bonds is 3. The Morgan fingerprint density at radius 1 is 0.880 bits per heavy atom. The number of amides is 1. The van der Waals surface area contributed by atoms with Gasteiger partial charge in [0.15, 0.2) is 5.43 Å². The standard InChI is InChI=1S/C20H13NO2S2/c22-18-14-9-4-5-10-15(14)25-20(17(18)16-11-6-12-24-16)21-19(23)13-7-2-1-3-8-13/h1-12H,(H,21,23). The monoisotopic (exact) mass is 363 g/mol. The van der Waals surface area contributed by atoms with Gasteiger partial charge in [-0.25, -0.2) is 0 Å². The minimum absolute atomic E-state index is 0.0554. The molecular weight excluding hydrogens is 350 g/mol. The number of thiophene rings is 1. The first kappa shape index (κ1) is 15.7. The molecule has 2 aromatic carbocycles. The van der Waals surface area contributed by atoms with Crippen LogP contribution in [0.5, 0.6) is 0 Å². The van der Waals surface area contributed by atoms with Crippen molar-refractivity contribution in [3.8, 4) is 10.4 Å². The quantitative estimate of drug-likeness (QED) is 0.541. The van der Waals surface area contributed by atoms with E-state index in [1.165, 1.54) is 22.7 Å². The summed E-state index contributed by atoms with van der Waals surface area (Å²) in [4.78, 5) is 26.5. The number of carbonyl (C=O) groups excluding carboxylic acids is 1. The highest BCUT2D eigenvalue weighted by Gasteiger charge is 2.17. The van der Waals surface area contributed by atoms with Gasteiger partial charge in [-0.3, -0.25) is 9.59 Å². The average Bonchev–Trinajstić information content (AvgIpc) is 3.17. The Kier molecular flexibility index (Phi) is 4.17. The van der Waals surface area contributed by atoms with Crippen LogP contribution >= 0.6 is 22.7 Å². The number of hydrogen-bond donors (Lipinski definition) is 1. The van der Waals surface area contributed by atoms with Crippen LogP contribution < -0.4 is 10.7 Å². The van der Waals surface area contributed by atoms with Crippen molar-refractivity contribution in [2.24, 2.45) is 0 Å². The van der Waals surface area contributed by atoms with Crippen molar-refractivity contribution in [2.75, 3.05) is 5.32 Å². The smallest absolute Gasteiger partial charge is 0.256 e. The van der Waals surface area contributed by atoms with Crippen molar-refractivity contribution >= 4 is 43.7 Å². The Morgan fingerprint density at radius 3 is 2.40 bits per heavy atom. The van der Waals surface area contributed by atoms with Crippen LogP contribution in [0.15, 0.2) is 76.9 Å². The SMILES string of the molecule is O=C(Nc1sc2ccccc2c(=O)c1-c1cccs1)c1ccccc1. The first-order chi connectivity index (χ1) is 12.2. The molecule has 0 radical (unpaired) electrons. The van der Waals surface area contributed by atoms with E-state index in [2.05, 4.69) is 5.32 Å². The molecule has 0 spiro atoms. The van der Waals surface area contributed by atoms with Gasteiger partial charge in [-0.2, -0.15) is 0 Å². The van der Waals surface area contributed by atoms with Crippen LogP contribution in [0, 0.1) is 0 Å². The zero-order valence-electron chi connectivity index (χ0n) is 13.1. The average molecular weight is 363 g/mol. The normalized spacial score (nSPS) is 10.7. The number of anilines is 1. The summed E-state index contributed by atoms with van der Waals surface area (Å²) in [5, 5.41) is 6.12. The van der Waals surface area contributed by atoms with E-state index in [-0.39, 0.29) is 11.3 Å². The maximum absolute atomic E-state index is 13.0. The predicted molar refractivity (Wildman–Crippen MR) is 106 cm³/mol. The molecule has 2 aromatic heterocycles. The van der Waals surface area contributed by atoms with Gasteiger partial charge in [0.05, 0.1) is 5.56 Å². The molecular formula is C20H13NO2S2. The fraction of sp³-hybridized carbons (Fsp3) is 0. The van der Waals surface area contributed by atoms with Crippen molar-refractivity contribution < 1.29 is 4.79 Å². The number of carbonyl (C=O) groups is 1. The van der Waals surface area contributed by atoms with E-state index < -0.39 is 0 Å². The lowest BCUT2D eigenvalue weighted by molar-refractivity contribution is 0.102. The van der Waals surface area contributed by atoms with E-state index in [1.807, 2.05) is 60.0 Å². The van der Waals surface area contributed by atoms with Crippen LogP contribution in [0.3, 0.4) is 0 Å². The molecule has 2 heterocycles. The van der Waals surface area contributed by atoms with Gasteiger partial charge in [-0.05, 0) is 35.7 Å². The molecule has 25 heavy (non-hydrogen) atoms. The summed E-state index contributed by atoms with van der Waals surface area (Å²) in [5.74, 6) is -0.218. The lowest BCUT2D eigenvalue weighted by atomic mass is 10.1. The molecule has 0 saturated carbocycles. The first-order valence-corrected chi connectivity index (χ1v) is 9.40. The second kappa shape index (κ2) is 6.63. The van der Waals surface area contributed by atoms with Crippen LogP contribution in [0.25, 0.3) is 20.5 Å². The number of fused-ring (bicyclic) bond motifs is 1. The van der Waals surface area contributed by atoms with Gasteiger partial charge in [0.25, 0.3) is 5.91 Å². The molecule has 0 aliphatic rings. The largest absolute Gasteiger partial charge is 0.313 e. The molecule has 0 bridgehead atoms. The van der Waals surface area contributed by atoms with Gasteiger partial charge in [0.2, 0.25) is 0 Å². The molecule has 0 atom stereocenters. The maximum Gasteiger partial charge on any atom is 0.256 e. The van der Waals surface area contributed by atoms with Crippen LogP contribution in [-0.2, 0) is 0 Å². The molecule has 1 amide bonds. The van der Waals surface area contributed by atoms with Gasteiger partial charge in [-0.15, -0.1) is 22.7 Å². The number of nitrogens with one attached hydrogen (secondary N) is 1. The summed E-state index contributed by atoms with van der Waals surface area (Å²) < 4.78 is 0.858. The zero-order chi connectivity index (χ0) is 17.2. The molecule has 0 aliphatic heterocycles. The first-order valence-electron chi connectivity index (χ1n) is 7.70. The Balaban J connectivity index is 1.89. The van der Waals surface area contributed by atoms with Gasteiger partial charge in [0, 0.05) is 20.5 Å². The molecule has 0 unspecified atom stereocenters. The molecule has 4 rings (SSSR count). The van der Waals surface area contributed by atoms with Crippen LogP contribution in [0.2, 0.25) is 0 Å². The predicted octanol–water partition coefficient (Wildman–Crippen LogP) is 5.24. The van der Waals surface area contributed by atoms with E-state index in [0.29, 0.717) is 21.5 Å². The molecule has 4 aromatic rings. The van der Waals surface area contributed by atoms with Crippen molar-refractivity contribution in [1.29, 1.82) is 0 Å². The molecule has 5 heteroatoms. The van der Waals surface area contributed by atoms with E-state index in [1.54, 1.807) is 12.1 Å². The fourth-order valence-corrected chi connectivity index (χ4v) is 4.56. The van der Waals surface area contributed by atoms with Gasteiger partial charge in [-0.1, -0.05) is 36.4 Å². The Bertz CT molecular complexity index is 1100. The van der Waals surface area contributed by atoms with Crippen LogP contribution in [0.4, 0.5) is 5.00 Å². The van der Waals surface area contributed by atoms with Crippen molar-refractivity contribution in [3.63, 3.8) is 0 Å². The van der Waals surface area contributed by atoms with E-state index >= 15 is 0 Å². The molecule has 0 fully saturated rings. The molecule has 1 N–H and O–H groups in total. The summed E-state index contributed by atoms with van der Waals surface area (Å²) >= 11 is 2.91. The van der Waals surface area contributed by atoms with E-state index in [0.717, 1.165) is 9.58 Å².